The number of imidazole rings is 1. The second-order valence-corrected chi connectivity index (χ2v) is 3.47. The quantitative estimate of drug-likeness (QED) is 0.612. The Bertz CT molecular complexity index is 509. The van der Waals surface area contributed by atoms with Crippen molar-refractivity contribution in [2.75, 3.05) is 5.43 Å². The van der Waals surface area contributed by atoms with Gasteiger partial charge in [-0.3, -0.25) is 9.99 Å². The Balaban J connectivity index is 2.47. The Morgan fingerprint density at radius 1 is 1.47 bits per heavy atom. The predicted octanol–water partition coefficient (Wildman–Crippen LogP) is 1.04. The number of hydrogen-bond acceptors (Lipinski definition) is 5. The number of nitrogens with two attached hydrogens (primary N) is 1. The van der Waals surface area contributed by atoms with Crippen LogP contribution >= 0.6 is 0 Å². The molecule has 0 amide bonds. The van der Waals surface area contributed by atoms with Crippen LogP contribution in [0.25, 0.3) is 5.82 Å². The third kappa shape index (κ3) is 2.23. The van der Waals surface area contributed by atoms with E-state index in [1.165, 1.54) is 0 Å². The van der Waals surface area contributed by atoms with Gasteiger partial charge < -0.3 is 0 Å². The van der Waals surface area contributed by atoms with E-state index in [-0.39, 0.29) is 11.8 Å². The molecule has 0 saturated carbocycles. The smallest absolute Gasteiger partial charge is 0.239 e. The summed E-state index contributed by atoms with van der Waals surface area (Å²) >= 11 is 0. The number of nitrogens with zero attached hydrogens (tertiary/aromatic N) is 4. The van der Waals surface area contributed by atoms with Gasteiger partial charge in [-0.05, 0) is 6.42 Å². The standard InChI is InChI=1S/C10H13FN6/c1-2-3-8-13-4-5-17(8)9-7(11)6-14-10(15-9)16-12/h4-6H,2-3,12H2,1H3,(H,14,15,16). The third-order valence-corrected chi connectivity index (χ3v) is 2.27. The van der Waals surface area contributed by atoms with Gasteiger partial charge in [0.1, 0.15) is 5.82 Å². The maximum atomic E-state index is 13.6. The van der Waals surface area contributed by atoms with E-state index in [4.69, 9.17) is 5.84 Å². The molecule has 0 radical (unpaired) electrons. The van der Waals surface area contributed by atoms with Gasteiger partial charge in [-0.25, -0.2) is 20.2 Å². The lowest BCUT2D eigenvalue weighted by molar-refractivity contribution is 0.597. The van der Waals surface area contributed by atoms with Crippen molar-refractivity contribution in [1.82, 2.24) is 19.5 Å². The van der Waals surface area contributed by atoms with Crippen LogP contribution in [0.2, 0.25) is 0 Å². The molecule has 2 aromatic heterocycles. The van der Waals surface area contributed by atoms with Crippen LogP contribution in [-0.2, 0) is 6.42 Å². The average Bonchev–Trinajstić information content (AvgIpc) is 2.78. The first kappa shape index (κ1) is 11.5. The minimum absolute atomic E-state index is 0.147. The molecule has 0 fully saturated rings. The molecule has 17 heavy (non-hydrogen) atoms. The summed E-state index contributed by atoms with van der Waals surface area (Å²) in [5, 5.41) is 0. The third-order valence-electron chi connectivity index (χ3n) is 2.27. The zero-order valence-corrected chi connectivity index (χ0v) is 9.39. The Kier molecular flexibility index (Phi) is 3.29. The summed E-state index contributed by atoms with van der Waals surface area (Å²) in [6.45, 7) is 2.03. The molecule has 7 heteroatoms. The van der Waals surface area contributed by atoms with E-state index >= 15 is 0 Å². The van der Waals surface area contributed by atoms with E-state index < -0.39 is 5.82 Å². The first-order valence-corrected chi connectivity index (χ1v) is 5.28. The number of hydrogen-bond donors (Lipinski definition) is 2. The van der Waals surface area contributed by atoms with E-state index in [2.05, 4.69) is 20.4 Å². The molecular weight excluding hydrogens is 223 g/mol. The van der Waals surface area contributed by atoms with Crippen molar-refractivity contribution in [3.8, 4) is 5.82 Å². The van der Waals surface area contributed by atoms with Crippen molar-refractivity contribution in [3.63, 3.8) is 0 Å². The molecule has 0 aliphatic rings. The molecule has 0 aromatic carbocycles. The second kappa shape index (κ2) is 4.88. The topological polar surface area (TPSA) is 81.7 Å². The highest BCUT2D eigenvalue weighted by atomic mass is 19.1. The van der Waals surface area contributed by atoms with Crippen molar-refractivity contribution in [1.29, 1.82) is 0 Å². The largest absolute Gasteiger partial charge is 0.292 e. The number of nitrogen functional groups attached to an aromatic ring is 1. The minimum Gasteiger partial charge on any atom is -0.292 e. The molecule has 6 nitrogen and oxygen atoms in total. The van der Waals surface area contributed by atoms with E-state index in [0.29, 0.717) is 0 Å². The number of rotatable bonds is 4. The van der Waals surface area contributed by atoms with E-state index in [1.807, 2.05) is 6.92 Å². The highest BCUT2D eigenvalue weighted by Crippen LogP contribution is 2.14. The zero-order valence-electron chi connectivity index (χ0n) is 9.39. The SMILES string of the molecule is CCCc1nccn1-c1nc(NN)ncc1F. The highest BCUT2D eigenvalue weighted by Gasteiger charge is 2.12. The Morgan fingerprint density at radius 3 is 3.00 bits per heavy atom. The van der Waals surface area contributed by atoms with Crippen LogP contribution in [0.15, 0.2) is 18.6 Å². The number of anilines is 1. The van der Waals surface area contributed by atoms with Crippen LogP contribution in [0.1, 0.15) is 19.2 Å². The lowest BCUT2D eigenvalue weighted by atomic mass is 10.3. The fraction of sp³-hybridized carbons (Fsp3) is 0.300. The zero-order chi connectivity index (χ0) is 12.3. The van der Waals surface area contributed by atoms with Crippen LogP contribution in [0, 0.1) is 5.82 Å². The van der Waals surface area contributed by atoms with Crippen molar-refractivity contribution >= 4 is 5.95 Å². The summed E-state index contributed by atoms with van der Waals surface area (Å²) < 4.78 is 15.2. The molecule has 2 heterocycles. The van der Waals surface area contributed by atoms with Crippen LogP contribution in [0.4, 0.5) is 10.3 Å². The molecule has 0 saturated heterocycles. The van der Waals surface area contributed by atoms with Gasteiger partial charge in [-0.15, -0.1) is 0 Å². The summed E-state index contributed by atoms with van der Waals surface area (Å²) in [5.74, 6) is 5.75. The molecule has 0 spiro atoms. The summed E-state index contributed by atoms with van der Waals surface area (Å²) in [6, 6.07) is 0. The first-order chi connectivity index (χ1) is 8.26. The van der Waals surface area contributed by atoms with Crippen molar-refractivity contribution in [2.24, 2.45) is 5.84 Å². The normalized spacial score (nSPS) is 10.5. The number of aromatic nitrogens is 4. The highest BCUT2D eigenvalue weighted by molar-refractivity contribution is 5.33. The molecule has 0 atom stereocenters. The van der Waals surface area contributed by atoms with Gasteiger partial charge in [0.2, 0.25) is 5.95 Å². The van der Waals surface area contributed by atoms with Crippen molar-refractivity contribution in [3.05, 3.63) is 30.2 Å². The summed E-state index contributed by atoms with van der Waals surface area (Å²) in [5.41, 5.74) is 2.29. The molecule has 0 aliphatic heterocycles. The summed E-state index contributed by atoms with van der Waals surface area (Å²) in [6.07, 6.45) is 6.03. The van der Waals surface area contributed by atoms with Crippen LogP contribution in [0.5, 0.6) is 0 Å². The van der Waals surface area contributed by atoms with Gasteiger partial charge in [0.05, 0.1) is 6.20 Å². The van der Waals surface area contributed by atoms with Crippen molar-refractivity contribution < 1.29 is 4.39 Å². The van der Waals surface area contributed by atoms with E-state index in [0.717, 1.165) is 24.9 Å². The molecule has 2 rings (SSSR count). The van der Waals surface area contributed by atoms with Gasteiger partial charge in [-0.2, -0.15) is 4.98 Å². The van der Waals surface area contributed by atoms with E-state index in [1.54, 1.807) is 17.0 Å². The fourth-order valence-electron chi connectivity index (χ4n) is 1.53. The van der Waals surface area contributed by atoms with Crippen LogP contribution in [0.3, 0.4) is 0 Å². The molecule has 0 aliphatic carbocycles. The number of aryl methyl sites for hydroxylation is 1. The fourth-order valence-corrected chi connectivity index (χ4v) is 1.53. The van der Waals surface area contributed by atoms with Gasteiger partial charge in [0.25, 0.3) is 0 Å². The maximum absolute atomic E-state index is 13.6. The Labute approximate surface area is 97.7 Å². The summed E-state index contributed by atoms with van der Waals surface area (Å²) in [4.78, 5) is 11.8. The number of hydrazine groups is 1. The van der Waals surface area contributed by atoms with Gasteiger partial charge >= 0.3 is 0 Å². The predicted molar refractivity (Wildman–Crippen MR) is 60.9 cm³/mol. The lowest BCUT2D eigenvalue weighted by Gasteiger charge is -2.08. The monoisotopic (exact) mass is 236 g/mol. The number of nitrogens with one attached hydrogen (secondary N) is 1. The molecule has 3 N–H and O–H groups in total. The van der Waals surface area contributed by atoms with Gasteiger partial charge in [0, 0.05) is 18.8 Å². The molecular formula is C10H13FN6. The second-order valence-electron chi connectivity index (χ2n) is 3.47. The molecule has 0 unspecified atom stereocenters. The van der Waals surface area contributed by atoms with Crippen LogP contribution in [-0.4, -0.2) is 19.5 Å². The number of halogens is 1. The minimum atomic E-state index is -0.514. The van der Waals surface area contributed by atoms with Gasteiger partial charge in [0.15, 0.2) is 11.6 Å². The first-order valence-electron chi connectivity index (χ1n) is 5.28. The molecule has 2 aromatic rings. The Hall–Kier alpha value is -2.02. The Morgan fingerprint density at radius 2 is 2.29 bits per heavy atom. The van der Waals surface area contributed by atoms with E-state index in [9.17, 15) is 4.39 Å². The average molecular weight is 236 g/mol. The summed E-state index contributed by atoms with van der Waals surface area (Å²) in [7, 11) is 0. The van der Waals surface area contributed by atoms with Crippen LogP contribution < -0.4 is 11.3 Å². The molecule has 90 valence electrons. The van der Waals surface area contributed by atoms with Gasteiger partial charge in [-0.1, -0.05) is 6.92 Å². The lowest BCUT2D eigenvalue weighted by Crippen LogP contribution is -2.13. The maximum Gasteiger partial charge on any atom is 0.239 e. The molecule has 0 bridgehead atoms. The van der Waals surface area contributed by atoms with Crippen molar-refractivity contribution in [2.45, 2.75) is 19.8 Å².